The first-order valence-corrected chi connectivity index (χ1v) is 5.51. The van der Waals surface area contributed by atoms with Crippen LogP contribution in [-0.2, 0) is 6.42 Å². The summed E-state index contributed by atoms with van der Waals surface area (Å²) >= 11 is 0. The summed E-state index contributed by atoms with van der Waals surface area (Å²) in [7, 11) is 0. The van der Waals surface area contributed by atoms with Crippen LogP contribution in [0.1, 0.15) is 36.8 Å². The van der Waals surface area contributed by atoms with E-state index in [4.69, 9.17) is 10.2 Å². The number of anilines is 1. The summed E-state index contributed by atoms with van der Waals surface area (Å²) in [5, 5.41) is 21.1. The van der Waals surface area contributed by atoms with Gasteiger partial charge in [-0.15, -0.1) is 0 Å². The van der Waals surface area contributed by atoms with Crippen molar-refractivity contribution >= 4 is 11.8 Å². The van der Waals surface area contributed by atoms with Gasteiger partial charge >= 0.3 is 5.97 Å². The fourth-order valence-corrected chi connectivity index (χ4v) is 1.34. The zero-order valence-electron chi connectivity index (χ0n) is 10.3. The lowest BCUT2D eigenvalue weighted by molar-refractivity contribution is 0.0696. The van der Waals surface area contributed by atoms with Gasteiger partial charge < -0.3 is 15.5 Å². The van der Waals surface area contributed by atoms with Crippen LogP contribution >= 0.6 is 0 Å². The Morgan fingerprint density at radius 1 is 1.47 bits per heavy atom. The van der Waals surface area contributed by atoms with E-state index in [1.807, 2.05) is 20.8 Å². The molecule has 3 N–H and O–H groups in total. The van der Waals surface area contributed by atoms with Crippen molar-refractivity contribution in [3.8, 4) is 0 Å². The van der Waals surface area contributed by atoms with E-state index < -0.39 is 11.5 Å². The predicted octanol–water partition coefficient (Wildman–Crippen LogP) is 1.52. The third kappa shape index (κ3) is 3.71. The molecule has 1 rings (SSSR count). The molecule has 0 aliphatic rings. The maximum atomic E-state index is 11.0. The lowest BCUT2D eigenvalue weighted by Crippen LogP contribution is -2.35. The summed E-state index contributed by atoms with van der Waals surface area (Å²) in [5.74, 6) is -0.507. The van der Waals surface area contributed by atoms with Crippen molar-refractivity contribution in [3.05, 3.63) is 23.4 Å². The van der Waals surface area contributed by atoms with Gasteiger partial charge in [-0.3, -0.25) is 0 Å². The standard InChI is InChI=1S/C12H18N2O3/c1-4-9-5-8(11(16)17)6-10(13-9)14-12(2,3)7-15/h5-6,15H,4,7H2,1-3H3,(H,13,14)(H,16,17). The monoisotopic (exact) mass is 238 g/mol. The number of carboxylic acid groups (broad SMARTS) is 1. The van der Waals surface area contributed by atoms with Crippen LogP contribution in [0.4, 0.5) is 5.82 Å². The first kappa shape index (κ1) is 13.4. The van der Waals surface area contributed by atoms with Crippen LogP contribution in [0.5, 0.6) is 0 Å². The molecule has 0 atom stereocenters. The first-order valence-electron chi connectivity index (χ1n) is 5.51. The highest BCUT2D eigenvalue weighted by Crippen LogP contribution is 2.16. The molecule has 0 unspecified atom stereocenters. The molecule has 0 amide bonds. The largest absolute Gasteiger partial charge is 0.478 e. The van der Waals surface area contributed by atoms with E-state index in [9.17, 15) is 4.79 Å². The van der Waals surface area contributed by atoms with Crippen LogP contribution < -0.4 is 5.32 Å². The van der Waals surface area contributed by atoms with Gasteiger partial charge in [0.1, 0.15) is 5.82 Å². The molecule has 94 valence electrons. The maximum absolute atomic E-state index is 11.0. The molecule has 0 aromatic carbocycles. The van der Waals surface area contributed by atoms with E-state index in [1.165, 1.54) is 6.07 Å². The molecule has 0 saturated carbocycles. The highest BCUT2D eigenvalue weighted by atomic mass is 16.4. The Morgan fingerprint density at radius 3 is 2.59 bits per heavy atom. The van der Waals surface area contributed by atoms with Crippen molar-refractivity contribution in [2.24, 2.45) is 0 Å². The molecule has 5 heteroatoms. The molecule has 1 aromatic heterocycles. The summed E-state index contributed by atoms with van der Waals surface area (Å²) in [4.78, 5) is 15.2. The summed E-state index contributed by atoms with van der Waals surface area (Å²) in [6.07, 6.45) is 0.662. The fourth-order valence-electron chi connectivity index (χ4n) is 1.34. The van der Waals surface area contributed by atoms with Gasteiger partial charge in [-0.05, 0) is 32.4 Å². The zero-order valence-corrected chi connectivity index (χ0v) is 10.3. The van der Waals surface area contributed by atoms with Gasteiger partial charge in [0.05, 0.1) is 17.7 Å². The fraction of sp³-hybridized carbons (Fsp3) is 0.500. The van der Waals surface area contributed by atoms with Gasteiger partial charge in [0.25, 0.3) is 0 Å². The topological polar surface area (TPSA) is 82.5 Å². The highest BCUT2D eigenvalue weighted by molar-refractivity contribution is 5.88. The molecule has 0 aliphatic heterocycles. The molecule has 0 bridgehead atoms. The molecule has 0 fully saturated rings. The maximum Gasteiger partial charge on any atom is 0.335 e. The minimum Gasteiger partial charge on any atom is -0.478 e. The van der Waals surface area contributed by atoms with Gasteiger partial charge in [-0.25, -0.2) is 9.78 Å². The highest BCUT2D eigenvalue weighted by Gasteiger charge is 2.17. The van der Waals surface area contributed by atoms with Crippen molar-refractivity contribution in [2.45, 2.75) is 32.7 Å². The van der Waals surface area contributed by atoms with E-state index in [2.05, 4.69) is 10.3 Å². The second-order valence-electron chi connectivity index (χ2n) is 4.56. The molecule has 17 heavy (non-hydrogen) atoms. The molecule has 1 heterocycles. The average molecular weight is 238 g/mol. The third-order valence-corrected chi connectivity index (χ3v) is 2.35. The number of aromatic carboxylic acids is 1. The Balaban J connectivity index is 3.07. The molecular formula is C12H18N2O3. The summed E-state index contributed by atoms with van der Waals surface area (Å²) in [5.41, 5.74) is 0.379. The van der Waals surface area contributed by atoms with Gasteiger partial charge in [-0.2, -0.15) is 0 Å². The van der Waals surface area contributed by atoms with Crippen molar-refractivity contribution in [2.75, 3.05) is 11.9 Å². The summed E-state index contributed by atoms with van der Waals surface area (Å²) < 4.78 is 0. The number of nitrogens with zero attached hydrogens (tertiary/aromatic N) is 1. The van der Waals surface area contributed by atoms with Crippen LogP contribution in [0, 0.1) is 0 Å². The smallest absolute Gasteiger partial charge is 0.335 e. The zero-order chi connectivity index (χ0) is 13.1. The number of aliphatic hydroxyl groups excluding tert-OH is 1. The molecule has 5 nitrogen and oxygen atoms in total. The van der Waals surface area contributed by atoms with Crippen LogP contribution in [0.3, 0.4) is 0 Å². The lowest BCUT2D eigenvalue weighted by atomic mass is 10.1. The first-order chi connectivity index (χ1) is 7.88. The number of pyridine rings is 1. The number of aryl methyl sites for hydroxylation is 1. The third-order valence-electron chi connectivity index (χ3n) is 2.35. The van der Waals surface area contributed by atoms with E-state index >= 15 is 0 Å². The van der Waals surface area contributed by atoms with Gasteiger partial charge in [-0.1, -0.05) is 6.92 Å². The number of hydrogen-bond acceptors (Lipinski definition) is 4. The number of carbonyl (C=O) groups is 1. The van der Waals surface area contributed by atoms with E-state index in [0.717, 1.165) is 0 Å². The van der Waals surface area contributed by atoms with Crippen LogP contribution in [-0.4, -0.2) is 33.3 Å². The molecule has 1 aromatic rings. The van der Waals surface area contributed by atoms with Crippen molar-refractivity contribution in [1.29, 1.82) is 0 Å². The summed E-state index contributed by atoms with van der Waals surface area (Å²) in [6, 6.07) is 3.03. The molecule has 0 aliphatic carbocycles. The van der Waals surface area contributed by atoms with Gasteiger partial charge in [0.2, 0.25) is 0 Å². The van der Waals surface area contributed by atoms with E-state index in [-0.39, 0.29) is 12.2 Å². The minimum atomic E-state index is -0.980. The Labute approximate surface area is 101 Å². The second-order valence-corrected chi connectivity index (χ2v) is 4.56. The van der Waals surface area contributed by atoms with Crippen molar-refractivity contribution in [3.63, 3.8) is 0 Å². The SMILES string of the molecule is CCc1cc(C(=O)O)cc(NC(C)(C)CO)n1. The van der Waals surface area contributed by atoms with Crippen LogP contribution in [0.25, 0.3) is 0 Å². The number of rotatable bonds is 5. The normalized spacial score (nSPS) is 11.3. The van der Waals surface area contributed by atoms with Gasteiger partial charge in [0, 0.05) is 5.69 Å². The number of carboxylic acids is 1. The Hall–Kier alpha value is -1.62. The minimum absolute atomic E-state index is 0.0621. The molecule has 0 saturated heterocycles. The van der Waals surface area contributed by atoms with Crippen LogP contribution in [0.2, 0.25) is 0 Å². The Bertz CT molecular complexity index is 416. The van der Waals surface area contributed by atoms with Crippen molar-refractivity contribution in [1.82, 2.24) is 4.98 Å². The van der Waals surface area contributed by atoms with E-state index in [1.54, 1.807) is 6.07 Å². The molecule has 0 spiro atoms. The van der Waals surface area contributed by atoms with Crippen molar-refractivity contribution < 1.29 is 15.0 Å². The number of hydrogen-bond donors (Lipinski definition) is 3. The number of aliphatic hydroxyl groups is 1. The van der Waals surface area contributed by atoms with Gasteiger partial charge in [0.15, 0.2) is 0 Å². The summed E-state index contributed by atoms with van der Waals surface area (Å²) in [6.45, 7) is 5.48. The quantitative estimate of drug-likeness (QED) is 0.724. The number of nitrogens with one attached hydrogen (secondary N) is 1. The molecular weight excluding hydrogens is 220 g/mol. The average Bonchev–Trinajstić information content (AvgIpc) is 2.28. The van der Waals surface area contributed by atoms with Crippen LogP contribution in [0.15, 0.2) is 12.1 Å². The van der Waals surface area contributed by atoms with E-state index in [0.29, 0.717) is 17.9 Å². The molecule has 0 radical (unpaired) electrons. The predicted molar refractivity (Wildman–Crippen MR) is 65.4 cm³/mol. The Morgan fingerprint density at radius 2 is 2.12 bits per heavy atom. The lowest BCUT2D eigenvalue weighted by Gasteiger charge is -2.24. The Kier molecular flexibility index (Phi) is 4.07. The second kappa shape index (κ2) is 5.14. The number of aromatic nitrogens is 1.